The predicted octanol–water partition coefficient (Wildman–Crippen LogP) is 5.60. The zero-order valence-corrected chi connectivity index (χ0v) is 19.4. The van der Waals surface area contributed by atoms with Gasteiger partial charge in [-0.25, -0.2) is 13.4 Å². The Kier molecular flexibility index (Phi) is 7.20. The molecule has 0 aliphatic heterocycles. The van der Waals surface area contributed by atoms with Crippen LogP contribution in [0.5, 0.6) is 0 Å². The molecule has 0 fully saturated rings. The van der Waals surface area contributed by atoms with E-state index >= 15 is 0 Å². The van der Waals surface area contributed by atoms with Gasteiger partial charge in [-0.3, -0.25) is 4.31 Å². The van der Waals surface area contributed by atoms with E-state index in [9.17, 15) is 8.42 Å². The first kappa shape index (κ1) is 22.7. The fourth-order valence-electron chi connectivity index (χ4n) is 2.38. The van der Waals surface area contributed by atoms with Crippen molar-refractivity contribution in [2.75, 3.05) is 7.05 Å². The third kappa shape index (κ3) is 5.73. The molecular weight excluding hydrogens is 414 g/mol. The molecule has 0 bridgehead atoms. The van der Waals surface area contributed by atoms with Crippen molar-refractivity contribution in [2.24, 2.45) is 4.99 Å². The monoisotopic (exact) mass is 439 g/mol. The second-order valence-electron chi connectivity index (χ2n) is 7.52. The van der Waals surface area contributed by atoms with Gasteiger partial charge in [0.1, 0.15) is 6.34 Å². The minimum atomic E-state index is -3.69. The highest BCUT2D eigenvalue weighted by Crippen LogP contribution is 2.33. The van der Waals surface area contributed by atoms with Crippen molar-refractivity contribution in [3.8, 4) is 0 Å². The number of hydrogen-bond acceptors (Lipinski definition) is 4. The van der Waals surface area contributed by atoms with Crippen LogP contribution >= 0.6 is 23.7 Å². The zero-order valence-electron chi connectivity index (χ0n) is 17.0. The van der Waals surface area contributed by atoms with Crippen molar-refractivity contribution >= 4 is 45.8 Å². The summed E-state index contributed by atoms with van der Waals surface area (Å²) in [6.45, 7) is 9.44. The number of sulfonamides is 1. The molecule has 0 unspecified atom stereocenters. The smallest absolute Gasteiger partial charge is 0.254 e. The van der Waals surface area contributed by atoms with Crippen LogP contribution < -0.4 is 0 Å². The van der Waals surface area contributed by atoms with E-state index in [0.717, 1.165) is 28.9 Å². The summed E-state index contributed by atoms with van der Waals surface area (Å²) < 4.78 is 29.5. The highest BCUT2D eigenvalue weighted by molar-refractivity contribution is 8.07. The fourth-order valence-corrected chi connectivity index (χ4v) is 5.49. The Morgan fingerprint density at radius 3 is 2.21 bits per heavy atom. The average molecular weight is 440 g/mol. The molecule has 5 nitrogen and oxygen atoms in total. The van der Waals surface area contributed by atoms with Gasteiger partial charge in [0.05, 0.1) is 22.7 Å². The lowest BCUT2D eigenvalue weighted by Crippen LogP contribution is -2.42. The molecule has 2 aromatic rings. The molecule has 0 atom stereocenters. The molecule has 0 N–H and O–H groups in total. The minimum absolute atomic E-state index is 0.263. The first-order chi connectivity index (χ1) is 12.9. The molecule has 0 radical (unpaired) electrons. The Balaban J connectivity index is 2.26. The summed E-state index contributed by atoms with van der Waals surface area (Å²) in [4.78, 5) is 4.71. The van der Waals surface area contributed by atoms with E-state index in [1.165, 1.54) is 3.71 Å². The second-order valence-corrected chi connectivity index (χ2v) is 11.1. The Morgan fingerprint density at radius 1 is 1.07 bits per heavy atom. The Morgan fingerprint density at radius 2 is 1.68 bits per heavy atom. The largest absolute Gasteiger partial charge is 0.296 e. The maximum atomic E-state index is 13.2. The Bertz CT molecular complexity index is 952. The highest BCUT2D eigenvalue weighted by Gasteiger charge is 2.36. The molecule has 2 rings (SSSR count). The summed E-state index contributed by atoms with van der Waals surface area (Å²) in [5, 5.41) is 0.655. The topological polar surface area (TPSA) is 53.0 Å². The number of aryl methyl sites for hydroxylation is 2. The molecular formula is C20H26ClN3O2S2. The Hall–Kier alpha value is -1.54. The van der Waals surface area contributed by atoms with E-state index in [2.05, 4.69) is 4.99 Å². The number of benzene rings is 2. The van der Waals surface area contributed by atoms with Crippen LogP contribution in [0.25, 0.3) is 0 Å². The van der Waals surface area contributed by atoms with Crippen LogP contribution in [-0.2, 0) is 10.0 Å². The van der Waals surface area contributed by atoms with Crippen LogP contribution in [-0.4, -0.2) is 35.4 Å². The molecule has 0 aliphatic carbocycles. The number of hydrogen-bond donors (Lipinski definition) is 0. The summed E-state index contributed by atoms with van der Waals surface area (Å²) in [6, 6.07) is 12.3. The van der Waals surface area contributed by atoms with E-state index in [-0.39, 0.29) is 4.90 Å². The lowest BCUT2D eigenvalue weighted by molar-refractivity contribution is 0.373. The summed E-state index contributed by atoms with van der Waals surface area (Å²) in [7, 11) is -1.93. The van der Waals surface area contributed by atoms with Crippen LogP contribution in [0.15, 0.2) is 52.4 Å². The SMILES string of the molecule is Cc1ccc(S(=O)(=O)N(SN(C)C=Nc2ccc(Cl)cc2C)C(C)(C)C)cc1. The summed E-state index contributed by atoms with van der Waals surface area (Å²) in [5.41, 5.74) is 2.10. The molecule has 0 spiro atoms. The van der Waals surface area contributed by atoms with Gasteiger partial charge in [-0.2, -0.15) is 0 Å². The van der Waals surface area contributed by atoms with Crippen LogP contribution in [0, 0.1) is 13.8 Å². The first-order valence-corrected chi connectivity index (χ1v) is 11.3. The van der Waals surface area contributed by atoms with Crippen molar-refractivity contribution in [3.05, 3.63) is 58.6 Å². The molecule has 0 aromatic heterocycles. The zero-order chi connectivity index (χ0) is 21.1. The van der Waals surface area contributed by atoms with E-state index < -0.39 is 15.6 Å². The molecule has 2 aromatic carbocycles. The normalized spacial score (nSPS) is 12.7. The van der Waals surface area contributed by atoms with Crippen LogP contribution in [0.4, 0.5) is 5.69 Å². The highest BCUT2D eigenvalue weighted by atomic mass is 35.5. The van der Waals surface area contributed by atoms with Gasteiger partial charge in [0.25, 0.3) is 10.0 Å². The van der Waals surface area contributed by atoms with E-state index in [4.69, 9.17) is 11.6 Å². The molecule has 0 heterocycles. The number of nitrogens with zero attached hydrogens (tertiary/aromatic N) is 3. The molecule has 0 aliphatic rings. The number of halogens is 1. The molecule has 28 heavy (non-hydrogen) atoms. The molecule has 152 valence electrons. The first-order valence-electron chi connectivity index (χ1n) is 8.74. The van der Waals surface area contributed by atoms with Crippen LogP contribution in [0.2, 0.25) is 5.02 Å². The molecule has 0 saturated heterocycles. The van der Waals surface area contributed by atoms with Gasteiger partial charge in [-0.15, -0.1) is 3.71 Å². The third-order valence-electron chi connectivity index (χ3n) is 3.81. The molecule has 0 amide bonds. The van der Waals surface area contributed by atoms with Gasteiger partial charge < -0.3 is 0 Å². The second kappa shape index (κ2) is 8.86. The van der Waals surface area contributed by atoms with Crippen molar-refractivity contribution in [1.82, 2.24) is 8.02 Å². The molecule has 0 saturated carbocycles. The van der Waals surface area contributed by atoms with Crippen LogP contribution in [0.1, 0.15) is 31.9 Å². The average Bonchev–Trinajstić information content (AvgIpc) is 2.58. The van der Waals surface area contributed by atoms with Gasteiger partial charge in [-0.1, -0.05) is 29.3 Å². The van der Waals surface area contributed by atoms with Crippen LogP contribution in [0.3, 0.4) is 0 Å². The molecule has 8 heteroatoms. The van der Waals surface area contributed by atoms with Crippen molar-refractivity contribution < 1.29 is 8.42 Å². The maximum absolute atomic E-state index is 13.2. The van der Waals surface area contributed by atoms with Gasteiger partial charge in [0.2, 0.25) is 0 Å². The summed E-state index contributed by atoms with van der Waals surface area (Å²) in [5.74, 6) is 0. The Labute approximate surface area is 177 Å². The van der Waals surface area contributed by atoms with Gasteiger partial charge in [0, 0.05) is 17.6 Å². The lowest BCUT2D eigenvalue weighted by atomic mass is 10.1. The fraction of sp³-hybridized carbons (Fsp3) is 0.350. The van der Waals surface area contributed by atoms with Gasteiger partial charge in [-0.05, 0) is 70.5 Å². The van der Waals surface area contributed by atoms with E-state index in [1.807, 2.05) is 46.8 Å². The number of rotatable bonds is 6. The third-order valence-corrected chi connectivity index (χ3v) is 7.73. The summed E-state index contributed by atoms with van der Waals surface area (Å²) in [6.07, 6.45) is 1.60. The van der Waals surface area contributed by atoms with Crippen molar-refractivity contribution in [2.45, 2.75) is 45.1 Å². The lowest BCUT2D eigenvalue weighted by Gasteiger charge is -2.34. The van der Waals surface area contributed by atoms with Gasteiger partial charge >= 0.3 is 0 Å². The van der Waals surface area contributed by atoms with Crippen molar-refractivity contribution in [3.63, 3.8) is 0 Å². The van der Waals surface area contributed by atoms with Crippen molar-refractivity contribution in [1.29, 1.82) is 0 Å². The quantitative estimate of drug-likeness (QED) is 0.334. The maximum Gasteiger partial charge on any atom is 0.254 e. The van der Waals surface area contributed by atoms with E-state index in [0.29, 0.717) is 5.02 Å². The minimum Gasteiger partial charge on any atom is -0.296 e. The predicted molar refractivity (Wildman–Crippen MR) is 120 cm³/mol. The van der Waals surface area contributed by atoms with E-state index in [1.54, 1.807) is 48.0 Å². The summed E-state index contributed by atoms with van der Waals surface area (Å²) >= 11 is 7.07. The van der Waals surface area contributed by atoms with Gasteiger partial charge in [0.15, 0.2) is 0 Å². The number of aliphatic imine (C=N–C) groups is 1. The standard InChI is InChI=1S/C20H26ClN3O2S2/c1-15-7-10-18(11-8-15)28(25,26)24(20(3,4)5)27-23(6)14-22-19-12-9-17(21)13-16(19)2/h7-14H,1-6H3.